The van der Waals surface area contributed by atoms with Gasteiger partial charge in [0, 0.05) is 32.4 Å². The highest BCUT2D eigenvalue weighted by atomic mass is 16.6. The lowest BCUT2D eigenvalue weighted by atomic mass is 10.0. The van der Waals surface area contributed by atoms with Gasteiger partial charge in [0.15, 0.2) is 0 Å². The highest BCUT2D eigenvalue weighted by molar-refractivity contribution is 5.86. The Balaban J connectivity index is 4.29. The van der Waals surface area contributed by atoms with Crippen LogP contribution in [-0.4, -0.2) is 74.2 Å². The molecule has 0 aromatic rings. The minimum atomic E-state index is -0.776. The van der Waals surface area contributed by atoms with Gasteiger partial charge in [-0.3, -0.25) is 19.2 Å². The smallest absolute Gasteiger partial charge is 0.239 e. The van der Waals surface area contributed by atoms with Crippen LogP contribution < -0.4 is 27.4 Å². The molecule has 0 aromatic carbocycles. The first-order valence-electron chi connectivity index (χ1n) is 11.8. The molecule has 0 spiro atoms. The van der Waals surface area contributed by atoms with Crippen molar-refractivity contribution in [3.8, 4) is 0 Å². The van der Waals surface area contributed by atoms with E-state index in [0.29, 0.717) is 45.4 Å². The molecule has 0 aliphatic rings. The topological polar surface area (TPSA) is 175 Å². The number of primary amides is 2. The van der Waals surface area contributed by atoms with Crippen LogP contribution in [0.15, 0.2) is 0 Å². The maximum atomic E-state index is 12.4. The molecule has 34 heavy (non-hydrogen) atoms. The number of likely N-dealkylation sites (N-methyl/N-ethyl adjacent to an activating group) is 1. The average Bonchev–Trinajstić information content (AvgIpc) is 2.74. The minimum absolute atomic E-state index is 0.00563. The van der Waals surface area contributed by atoms with E-state index in [1.54, 1.807) is 0 Å². The second-order valence-corrected chi connectivity index (χ2v) is 9.59. The number of hydrogen-bond acceptors (Lipinski definition) is 7. The Morgan fingerprint density at radius 3 is 2.12 bits per heavy atom. The number of carbonyl (C=O) groups excluding carboxylic acids is 4. The molecule has 0 unspecified atom stereocenters. The summed E-state index contributed by atoms with van der Waals surface area (Å²) in [6.45, 7) is 9.84. The van der Waals surface area contributed by atoms with Crippen molar-refractivity contribution in [2.75, 3.05) is 33.4 Å². The Morgan fingerprint density at radius 2 is 1.53 bits per heavy atom. The zero-order chi connectivity index (χ0) is 26.2. The molecule has 0 heterocycles. The van der Waals surface area contributed by atoms with Crippen LogP contribution in [0.25, 0.3) is 0 Å². The molecule has 11 nitrogen and oxygen atoms in total. The molecular weight excluding hydrogens is 442 g/mol. The summed E-state index contributed by atoms with van der Waals surface area (Å²) in [7, 11) is 1.86. The van der Waals surface area contributed by atoms with Crippen molar-refractivity contribution < 1.29 is 28.7 Å². The van der Waals surface area contributed by atoms with Crippen LogP contribution in [0.1, 0.15) is 72.6 Å². The number of rotatable bonds is 20. The van der Waals surface area contributed by atoms with Crippen LogP contribution in [-0.2, 0) is 28.7 Å². The van der Waals surface area contributed by atoms with Crippen molar-refractivity contribution in [2.45, 2.75) is 89.9 Å². The maximum absolute atomic E-state index is 12.4. The molecule has 1 atom stereocenters. The standard InChI is InChI=1S/C23H45N5O6/c1-22(2,34-16-23(3,4)33-15-14-26-5)12-11-20(31)28-17(21(25)32)8-6-7-13-27-19(30)10-9-18(24)29/h17,26H,6-16H2,1-5H3,(H2,24,29)(H2,25,32)(H,27,30)(H,28,31)/t17-/m0/s1. The number of ether oxygens (including phenoxy) is 2. The Kier molecular flexibility index (Phi) is 15.3. The maximum Gasteiger partial charge on any atom is 0.239 e. The predicted octanol–water partition coefficient (Wildman–Crippen LogP) is 0.0985. The van der Waals surface area contributed by atoms with E-state index in [1.807, 2.05) is 34.7 Å². The van der Waals surface area contributed by atoms with Crippen LogP contribution in [0.4, 0.5) is 0 Å². The molecule has 0 rings (SSSR count). The molecule has 198 valence electrons. The summed E-state index contributed by atoms with van der Waals surface area (Å²) in [5, 5.41) is 8.39. The molecule has 0 bridgehead atoms. The van der Waals surface area contributed by atoms with E-state index in [0.717, 1.165) is 6.54 Å². The van der Waals surface area contributed by atoms with Gasteiger partial charge in [0.2, 0.25) is 23.6 Å². The van der Waals surface area contributed by atoms with Crippen molar-refractivity contribution in [3.63, 3.8) is 0 Å². The highest BCUT2D eigenvalue weighted by Gasteiger charge is 2.27. The molecule has 0 aliphatic carbocycles. The van der Waals surface area contributed by atoms with E-state index in [-0.39, 0.29) is 31.1 Å². The summed E-state index contributed by atoms with van der Waals surface area (Å²) < 4.78 is 11.8. The Bertz CT molecular complexity index is 654. The number of unbranched alkanes of at least 4 members (excludes halogenated alkanes) is 1. The summed E-state index contributed by atoms with van der Waals surface area (Å²) in [5.74, 6) is -1.65. The zero-order valence-electron chi connectivity index (χ0n) is 21.5. The van der Waals surface area contributed by atoms with Gasteiger partial charge >= 0.3 is 0 Å². The first-order chi connectivity index (χ1) is 15.8. The summed E-state index contributed by atoms with van der Waals surface area (Å²) in [6.07, 6.45) is 2.27. The second-order valence-electron chi connectivity index (χ2n) is 9.59. The third-order valence-corrected chi connectivity index (χ3v) is 5.13. The van der Waals surface area contributed by atoms with Gasteiger partial charge in [-0.15, -0.1) is 0 Å². The van der Waals surface area contributed by atoms with Crippen molar-refractivity contribution in [3.05, 3.63) is 0 Å². The van der Waals surface area contributed by atoms with E-state index in [1.165, 1.54) is 0 Å². The van der Waals surface area contributed by atoms with Crippen LogP contribution >= 0.6 is 0 Å². The van der Waals surface area contributed by atoms with Crippen LogP contribution in [0, 0.1) is 0 Å². The van der Waals surface area contributed by atoms with Gasteiger partial charge in [0.25, 0.3) is 0 Å². The molecule has 7 N–H and O–H groups in total. The Labute approximate surface area is 203 Å². The highest BCUT2D eigenvalue weighted by Crippen LogP contribution is 2.20. The van der Waals surface area contributed by atoms with E-state index in [2.05, 4.69) is 16.0 Å². The molecular formula is C23H45N5O6. The van der Waals surface area contributed by atoms with E-state index in [9.17, 15) is 19.2 Å². The number of amides is 4. The molecule has 0 aromatic heterocycles. The van der Waals surface area contributed by atoms with E-state index >= 15 is 0 Å². The summed E-state index contributed by atoms with van der Waals surface area (Å²) >= 11 is 0. The number of nitrogens with two attached hydrogens (primary N) is 2. The monoisotopic (exact) mass is 487 g/mol. The third-order valence-electron chi connectivity index (χ3n) is 5.13. The lowest BCUT2D eigenvalue weighted by molar-refractivity contribution is -0.132. The molecule has 0 saturated heterocycles. The first-order valence-corrected chi connectivity index (χ1v) is 11.8. The largest absolute Gasteiger partial charge is 0.373 e. The number of hydrogen-bond donors (Lipinski definition) is 5. The van der Waals surface area contributed by atoms with Crippen molar-refractivity contribution in [2.24, 2.45) is 11.5 Å². The fourth-order valence-electron chi connectivity index (χ4n) is 2.91. The average molecular weight is 488 g/mol. The normalized spacial score (nSPS) is 12.7. The first kappa shape index (κ1) is 31.8. The Hall–Kier alpha value is -2.24. The Morgan fingerprint density at radius 1 is 0.853 bits per heavy atom. The fourth-order valence-corrected chi connectivity index (χ4v) is 2.91. The van der Waals surface area contributed by atoms with Gasteiger partial charge in [-0.05, 0) is 60.4 Å². The molecule has 4 amide bonds. The van der Waals surface area contributed by atoms with Gasteiger partial charge in [-0.2, -0.15) is 0 Å². The van der Waals surface area contributed by atoms with Gasteiger partial charge < -0.3 is 36.9 Å². The molecule has 11 heteroatoms. The van der Waals surface area contributed by atoms with Gasteiger partial charge in [-0.1, -0.05) is 0 Å². The lowest BCUT2D eigenvalue weighted by Gasteiger charge is -2.32. The van der Waals surface area contributed by atoms with E-state index in [4.69, 9.17) is 20.9 Å². The van der Waals surface area contributed by atoms with Crippen molar-refractivity contribution in [1.29, 1.82) is 0 Å². The molecule has 0 aliphatic heterocycles. The second kappa shape index (κ2) is 16.4. The molecule has 0 radical (unpaired) electrons. The fraction of sp³-hybridized carbons (Fsp3) is 0.826. The molecule has 0 saturated carbocycles. The van der Waals surface area contributed by atoms with Crippen molar-refractivity contribution in [1.82, 2.24) is 16.0 Å². The SMILES string of the molecule is CNCCOC(C)(C)COC(C)(C)CCC(=O)N[C@@H](CCCCNC(=O)CCC(N)=O)C(N)=O. The van der Waals surface area contributed by atoms with Gasteiger partial charge in [0.05, 0.1) is 24.4 Å². The van der Waals surface area contributed by atoms with Gasteiger partial charge in [0.1, 0.15) is 6.04 Å². The summed E-state index contributed by atoms with van der Waals surface area (Å²) in [5.41, 5.74) is 9.44. The van der Waals surface area contributed by atoms with Crippen LogP contribution in [0.5, 0.6) is 0 Å². The van der Waals surface area contributed by atoms with Crippen molar-refractivity contribution >= 4 is 23.6 Å². The third kappa shape index (κ3) is 17.3. The summed E-state index contributed by atoms with van der Waals surface area (Å²) in [4.78, 5) is 46.3. The minimum Gasteiger partial charge on any atom is -0.373 e. The molecule has 0 fully saturated rings. The van der Waals surface area contributed by atoms with Gasteiger partial charge in [-0.25, -0.2) is 0 Å². The number of carbonyl (C=O) groups is 4. The lowest BCUT2D eigenvalue weighted by Crippen LogP contribution is -2.45. The summed E-state index contributed by atoms with van der Waals surface area (Å²) in [6, 6.07) is -0.776. The van der Waals surface area contributed by atoms with Crippen LogP contribution in [0.2, 0.25) is 0 Å². The zero-order valence-corrected chi connectivity index (χ0v) is 21.5. The predicted molar refractivity (Wildman–Crippen MR) is 130 cm³/mol. The number of nitrogens with one attached hydrogen (secondary N) is 3. The quantitative estimate of drug-likeness (QED) is 0.151. The van der Waals surface area contributed by atoms with E-state index < -0.39 is 29.1 Å². The van der Waals surface area contributed by atoms with Crippen LogP contribution in [0.3, 0.4) is 0 Å².